The first-order chi connectivity index (χ1) is 6.68. The van der Waals surface area contributed by atoms with E-state index in [1.165, 1.54) is 19.9 Å². The normalized spacial score (nSPS) is 12.7. The molecule has 0 aliphatic rings. The first-order valence-electron chi connectivity index (χ1n) is 4.15. The molecular weight excluding hydrogens is 212 g/mol. The molecule has 0 aromatic heterocycles. The van der Waals surface area contributed by atoms with Gasteiger partial charge in [0.2, 0.25) is 0 Å². The first kappa shape index (κ1) is 11.8. The lowest BCUT2D eigenvalue weighted by atomic mass is 10.0. The monoisotopic (exact) mass is 221 g/mol. The van der Waals surface area contributed by atoms with Crippen LogP contribution in [-0.2, 0) is 5.67 Å². The van der Waals surface area contributed by atoms with Crippen molar-refractivity contribution >= 4 is 0 Å². The summed E-state index contributed by atoms with van der Waals surface area (Å²) in [4.78, 5) is 0. The minimum atomic E-state index is -4.77. The van der Waals surface area contributed by atoms with Crippen LogP contribution in [0.15, 0.2) is 18.2 Å². The number of alkyl halides is 4. The Bertz CT molecular complexity index is 338. The van der Waals surface area contributed by atoms with Crippen LogP contribution in [0.1, 0.15) is 19.4 Å². The molecule has 0 atom stereocenters. The maximum Gasteiger partial charge on any atom is 0.573 e. The third-order valence-electron chi connectivity index (χ3n) is 1.68. The van der Waals surface area contributed by atoms with Gasteiger partial charge >= 0.3 is 6.36 Å². The Kier molecular flexibility index (Phi) is 2.93. The van der Waals surface area contributed by atoms with Crippen LogP contribution in [0.25, 0.3) is 0 Å². The maximum absolute atomic E-state index is 13.4. The lowest BCUT2D eigenvalue weighted by molar-refractivity contribution is -0.274. The van der Waals surface area contributed by atoms with Crippen LogP contribution < -0.4 is 4.74 Å². The minimum absolute atomic E-state index is 0.0873. The number of ether oxygens (including phenoxy) is 1. The molecule has 83 valence electrons. The fraction of sp³-hybridized carbons (Fsp3) is 0.400. The van der Waals surface area contributed by atoms with Crippen LogP contribution in [0.3, 0.4) is 0 Å². The molecule has 5 heteroatoms. The molecule has 15 heavy (non-hydrogen) atoms. The van der Waals surface area contributed by atoms with Crippen LogP contribution in [0.4, 0.5) is 17.6 Å². The van der Waals surface area contributed by atoms with Crippen molar-refractivity contribution in [3.05, 3.63) is 29.8 Å². The second-order valence-electron chi connectivity index (χ2n) is 3.48. The summed E-state index contributed by atoms with van der Waals surface area (Å²) in [5, 5.41) is 0. The number of hydrogen-bond donors (Lipinski definition) is 0. The SMILES string of the molecule is CC(C)(F)c1c[c]cc(OC(F)(F)F)c1. The van der Waals surface area contributed by atoms with E-state index >= 15 is 0 Å². The van der Waals surface area contributed by atoms with Crippen LogP contribution in [0.5, 0.6) is 5.75 Å². The molecule has 0 fully saturated rings. The Hall–Kier alpha value is -1.26. The summed E-state index contributed by atoms with van der Waals surface area (Å²) >= 11 is 0. The summed E-state index contributed by atoms with van der Waals surface area (Å²) in [6, 6.07) is 5.68. The third-order valence-corrected chi connectivity index (χ3v) is 1.68. The molecule has 1 aromatic rings. The van der Waals surface area contributed by atoms with E-state index in [0.717, 1.165) is 12.1 Å². The number of benzene rings is 1. The van der Waals surface area contributed by atoms with Crippen molar-refractivity contribution in [2.24, 2.45) is 0 Å². The van der Waals surface area contributed by atoms with Crippen molar-refractivity contribution < 1.29 is 22.3 Å². The second kappa shape index (κ2) is 3.72. The predicted octanol–water partition coefficient (Wildman–Crippen LogP) is 3.59. The summed E-state index contributed by atoms with van der Waals surface area (Å²) in [5.74, 6) is -0.467. The van der Waals surface area contributed by atoms with Crippen molar-refractivity contribution in [3.63, 3.8) is 0 Å². The molecule has 0 saturated heterocycles. The number of rotatable bonds is 2. The summed E-state index contributed by atoms with van der Waals surface area (Å²) in [5.41, 5.74) is -1.63. The fourth-order valence-electron chi connectivity index (χ4n) is 0.986. The van der Waals surface area contributed by atoms with Crippen LogP contribution in [0.2, 0.25) is 0 Å². The molecule has 0 bridgehead atoms. The average molecular weight is 221 g/mol. The molecule has 0 aliphatic carbocycles. The standard InChI is InChI=1S/C10H9F4O/c1-9(2,11)7-4-3-5-8(6-7)15-10(12,13)14/h4-6H,1-2H3. The van der Waals surface area contributed by atoms with Gasteiger partial charge < -0.3 is 4.74 Å². The number of halogens is 4. The number of hydrogen-bond acceptors (Lipinski definition) is 1. The van der Waals surface area contributed by atoms with Gasteiger partial charge in [-0.3, -0.25) is 0 Å². The quantitative estimate of drug-likeness (QED) is 0.693. The zero-order valence-electron chi connectivity index (χ0n) is 8.15. The lowest BCUT2D eigenvalue weighted by Gasteiger charge is -2.16. The van der Waals surface area contributed by atoms with Crippen molar-refractivity contribution in [2.45, 2.75) is 25.9 Å². The molecule has 1 nitrogen and oxygen atoms in total. The zero-order chi connectivity index (χ0) is 11.7. The summed E-state index contributed by atoms with van der Waals surface area (Å²) in [6.45, 7) is 2.49. The fourth-order valence-corrected chi connectivity index (χ4v) is 0.986. The molecule has 0 saturated carbocycles. The molecule has 0 spiro atoms. The zero-order valence-corrected chi connectivity index (χ0v) is 8.15. The molecule has 0 N–H and O–H groups in total. The highest BCUT2D eigenvalue weighted by atomic mass is 19.4. The molecule has 0 heterocycles. The molecule has 1 rings (SSSR count). The Morgan fingerprint density at radius 3 is 2.20 bits per heavy atom. The van der Waals surface area contributed by atoms with Crippen LogP contribution >= 0.6 is 0 Å². The van der Waals surface area contributed by atoms with E-state index in [1.54, 1.807) is 0 Å². The van der Waals surface area contributed by atoms with Gasteiger partial charge in [0.15, 0.2) is 0 Å². The highest BCUT2D eigenvalue weighted by Crippen LogP contribution is 2.29. The van der Waals surface area contributed by atoms with Gasteiger partial charge in [-0.1, -0.05) is 0 Å². The third kappa shape index (κ3) is 3.77. The first-order valence-corrected chi connectivity index (χ1v) is 4.15. The van der Waals surface area contributed by atoms with Gasteiger partial charge in [0, 0.05) is 0 Å². The summed E-state index contributed by atoms with van der Waals surface area (Å²) in [7, 11) is 0. The summed E-state index contributed by atoms with van der Waals surface area (Å²) in [6.07, 6.45) is -4.77. The van der Waals surface area contributed by atoms with Gasteiger partial charge in [-0.25, -0.2) is 4.39 Å². The van der Waals surface area contributed by atoms with Gasteiger partial charge in [0.1, 0.15) is 11.4 Å². The van der Waals surface area contributed by atoms with Gasteiger partial charge in [0.25, 0.3) is 0 Å². The smallest absolute Gasteiger partial charge is 0.406 e. The molecule has 0 amide bonds. The van der Waals surface area contributed by atoms with E-state index in [4.69, 9.17) is 0 Å². The maximum atomic E-state index is 13.4. The largest absolute Gasteiger partial charge is 0.573 e. The van der Waals surface area contributed by atoms with E-state index in [1.807, 2.05) is 0 Å². The Morgan fingerprint density at radius 2 is 1.73 bits per heavy atom. The van der Waals surface area contributed by atoms with Crippen molar-refractivity contribution in [3.8, 4) is 5.75 Å². The van der Waals surface area contributed by atoms with Crippen molar-refractivity contribution in [2.75, 3.05) is 0 Å². The highest BCUT2D eigenvalue weighted by molar-refractivity contribution is 5.31. The summed E-state index contributed by atoms with van der Waals surface area (Å²) < 4.78 is 52.5. The molecule has 1 radical (unpaired) electrons. The Balaban J connectivity index is 2.94. The van der Waals surface area contributed by atoms with Crippen LogP contribution in [-0.4, -0.2) is 6.36 Å². The highest BCUT2D eigenvalue weighted by Gasteiger charge is 2.31. The molecule has 0 unspecified atom stereocenters. The van der Waals surface area contributed by atoms with E-state index in [-0.39, 0.29) is 5.56 Å². The topological polar surface area (TPSA) is 9.23 Å². The van der Waals surface area contributed by atoms with Gasteiger partial charge in [-0.2, -0.15) is 0 Å². The lowest BCUT2D eigenvalue weighted by Crippen LogP contribution is -2.18. The average Bonchev–Trinajstić information content (AvgIpc) is 1.99. The van der Waals surface area contributed by atoms with E-state index in [0.29, 0.717) is 0 Å². The van der Waals surface area contributed by atoms with Crippen LogP contribution in [0, 0.1) is 6.07 Å². The van der Waals surface area contributed by atoms with E-state index in [9.17, 15) is 17.6 Å². The Labute approximate surface area is 84.7 Å². The van der Waals surface area contributed by atoms with E-state index in [2.05, 4.69) is 10.8 Å². The minimum Gasteiger partial charge on any atom is -0.406 e. The van der Waals surface area contributed by atoms with Gasteiger partial charge in [-0.05, 0) is 43.7 Å². The second-order valence-corrected chi connectivity index (χ2v) is 3.48. The predicted molar refractivity (Wildman–Crippen MR) is 46.1 cm³/mol. The Morgan fingerprint density at radius 1 is 1.13 bits per heavy atom. The van der Waals surface area contributed by atoms with Gasteiger partial charge in [-0.15, -0.1) is 13.2 Å². The van der Waals surface area contributed by atoms with E-state index < -0.39 is 17.8 Å². The molecule has 0 aliphatic heterocycles. The van der Waals surface area contributed by atoms with Crippen molar-refractivity contribution in [1.29, 1.82) is 0 Å². The molecule has 1 aromatic carbocycles. The van der Waals surface area contributed by atoms with Gasteiger partial charge in [0.05, 0.1) is 0 Å². The van der Waals surface area contributed by atoms with Crippen molar-refractivity contribution in [1.82, 2.24) is 0 Å². The molecular formula is C10H9F4O.